The number of fused-ring (bicyclic) bond motifs is 1. The lowest BCUT2D eigenvalue weighted by atomic mass is 9.80. The molecule has 1 aromatic rings. The van der Waals surface area contributed by atoms with Crippen LogP contribution in [0.2, 0.25) is 0 Å². The third kappa shape index (κ3) is 3.54. The minimum absolute atomic E-state index is 0.0507. The van der Waals surface area contributed by atoms with Crippen molar-refractivity contribution in [3.63, 3.8) is 0 Å². The minimum Gasteiger partial charge on any atom is -0.390 e. The van der Waals surface area contributed by atoms with Crippen LogP contribution in [0.1, 0.15) is 72.4 Å². The summed E-state index contributed by atoms with van der Waals surface area (Å²) in [4.78, 5) is 37.6. The van der Waals surface area contributed by atoms with Crippen LogP contribution in [0.25, 0.3) is 6.08 Å². The number of aryl methyl sites for hydroxylation is 1. The number of aliphatic hydroxyl groups is 1. The van der Waals surface area contributed by atoms with Gasteiger partial charge >= 0.3 is 0 Å². The van der Waals surface area contributed by atoms with Crippen LogP contribution in [0.5, 0.6) is 0 Å². The van der Waals surface area contributed by atoms with Crippen LogP contribution in [0, 0.1) is 12.8 Å². The number of hydrogen-bond acceptors (Lipinski definition) is 4. The molecule has 1 N–H and O–H groups in total. The second-order valence-electron chi connectivity index (χ2n) is 7.37. The van der Waals surface area contributed by atoms with Crippen molar-refractivity contribution in [1.29, 1.82) is 0 Å². The van der Waals surface area contributed by atoms with Gasteiger partial charge in [0, 0.05) is 23.1 Å². The fourth-order valence-corrected chi connectivity index (χ4v) is 2.90. The standard InChI is InChI=1S/C20H24O4/c1-11(2)14-10-13-7-6-12(3)16(17(13)19(23)18(14)22)15(21)8-9-20(4,5)24/h6-7,10-11,24H,8-9H2,1-5H3. The molecule has 4 nitrogen and oxygen atoms in total. The number of carbonyl (C=O) groups is 3. The van der Waals surface area contributed by atoms with Gasteiger partial charge in [0.1, 0.15) is 0 Å². The number of hydrogen-bond donors (Lipinski definition) is 1. The Bertz CT molecular complexity index is 746. The predicted molar refractivity (Wildman–Crippen MR) is 93.2 cm³/mol. The van der Waals surface area contributed by atoms with Crippen molar-refractivity contribution >= 4 is 23.4 Å². The van der Waals surface area contributed by atoms with Gasteiger partial charge in [-0.2, -0.15) is 0 Å². The highest BCUT2D eigenvalue weighted by Gasteiger charge is 2.33. The van der Waals surface area contributed by atoms with Crippen LogP contribution in [0.3, 0.4) is 0 Å². The summed E-state index contributed by atoms with van der Waals surface area (Å²) in [6.07, 6.45) is 2.14. The first-order valence-electron chi connectivity index (χ1n) is 8.22. The number of benzene rings is 1. The number of ketones is 3. The molecule has 0 saturated carbocycles. The first-order chi connectivity index (χ1) is 11.0. The third-order valence-electron chi connectivity index (χ3n) is 4.32. The van der Waals surface area contributed by atoms with E-state index >= 15 is 0 Å². The summed E-state index contributed by atoms with van der Waals surface area (Å²) in [5.74, 6) is -1.40. The smallest absolute Gasteiger partial charge is 0.234 e. The van der Waals surface area contributed by atoms with E-state index in [4.69, 9.17) is 0 Å². The van der Waals surface area contributed by atoms with E-state index in [1.54, 1.807) is 39.0 Å². The number of Topliss-reactive ketones (excluding diaryl/α,β-unsaturated/α-hetero) is 3. The second-order valence-corrected chi connectivity index (χ2v) is 7.37. The number of rotatable bonds is 5. The normalized spacial score (nSPS) is 14.7. The summed E-state index contributed by atoms with van der Waals surface area (Å²) in [6.45, 7) is 8.77. The first-order valence-corrected chi connectivity index (χ1v) is 8.22. The predicted octanol–water partition coefficient (Wildman–Crippen LogP) is 3.53. The van der Waals surface area contributed by atoms with Gasteiger partial charge < -0.3 is 5.11 Å². The second kappa shape index (κ2) is 6.44. The van der Waals surface area contributed by atoms with Gasteiger partial charge in [-0.3, -0.25) is 14.4 Å². The van der Waals surface area contributed by atoms with Crippen LogP contribution < -0.4 is 0 Å². The maximum atomic E-state index is 12.7. The van der Waals surface area contributed by atoms with E-state index < -0.39 is 17.2 Å². The van der Waals surface area contributed by atoms with Crippen LogP contribution in [-0.4, -0.2) is 28.1 Å². The Morgan fingerprint density at radius 2 is 1.79 bits per heavy atom. The molecule has 24 heavy (non-hydrogen) atoms. The summed E-state index contributed by atoms with van der Waals surface area (Å²) in [6, 6.07) is 3.58. The van der Waals surface area contributed by atoms with Gasteiger partial charge in [-0.05, 0) is 50.3 Å². The lowest BCUT2D eigenvalue weighted by molar-refractivity contribution is -0.112. The molecule has 0 unspecified atom stereocenters. The van der Waals surface area contributed by atoms with E-state index in [-0.39, 0.29) is 23.7 Å². The molecular weight excluding hydrogens is 304 g/mol. The summed E-state index contributed by atoms with van der Waals surface area (Å²) in [7, 11) is 0. The molecule has 0 aromatic heterocycles. The van der Waals surface area contributed by atoms with Crippen LogP contribution in [0.15, 0.2) is 17.7 Å². The van der Waals surface area contributed by atoms with Gasteiger partial charge in [-0.1, -0.05) is 26.0 Å². The molecule has 0 bridgehead atoms. The Hall–Kier alpha value is -2.07. The van der Waals surface area contributed by atoms with E-state index in [9.17, 15) is 19.5 Å². The molecular formula is C20H24O4. The minimum atomic E-state index is -0.955. The number of carbonyl (C=O) groups excluding carboxylic acids is 3. The van der Waals surface area contributed by atoms with Gasteiger partial charge in [0.2, 0.25) is 11.6 Å². The molecule has 0 saturated heterocycles. The maximum absolute atomic E-state index is 12.7. The van der Waals surface area contributed by atoms with E-state index in [1.807, 2.05) is 13.8 Å². The highest BCUT2D eigenvalue weighted by molar-refractivity contribution is 6.52. The average Bonchev–Trinajstić information content (AvgIpc) is 2.47. The van der Waals surface area contributed by atoms with E-state index in [0.29, 0.717) is 28.7 Å². The molecule has 2 rings (SSSR count). The molecule has 1 aromatic carbocycles. The molecule has 4 heteroatoms. The van der Waals surface area contributed by atoms with Crippen molar-refractivity contribution in [2.45, 2.75) is 53.1 Å². The summed E-state index contributed by atoms with van der Waals surface area (Å²) < 4.78 is 0. The maximum Gasteiger partial charge on any atom is 0.234 e. The molecule has 0 fully saturated rings. The largest absolute Gasteiger partial charge is 0.390 e. The molecule has 0 spiro atoms. The Morgan fingerprint density at radius 1 is 1.17 bits per heavy atom. The lowest BCUT2D eigenvalue weighted by Gasteiger charge is -2.21. The molecule has 0 heterocycles. The van der Waals surface area contributed by atoms with Gasteiger partial charge in [-0.15, -0.1) is 0 Å². The Morgan fingerprint density at radius 3 is 2.33 bits per heavy atom. The van der Waals surface area contributed by atoms with Crippen molar-refractivity contribution < 1.29 is 19.5 Å². The molecule has 128 valence electrons. The highest BCUT2D eigenvalue weighted by atomic mass is 16.3. The molecule has 0 radical (unpaired) electrons. The summed E-state index contributed by atoms with van der Waals surface area (Å²) in [5.41, 5.74) is 1.35. The highest BCUT2D eigenvalue weighted by Crippen LogP contribution is 2.31. The van der Waals surface area contributed by atoms with Crippen molar-refractivity contribution in [3.8, 4) is 0 Å². The van der Waals surface area contributed by atoms with Gasteiger partial charge in [0.25, 0.3) is 0 Å². The van der Waals surface area contributed by atoms with Gasteiger partial charge in [0.05, 0.1) is 5.60 Å². The molecule has 0 amide bonds. The quantitative estimate of drug-likeness (QED) is 0.663. The molecule has 0 atom stereocenters. The van der Waals surface area contributed by atoms with Crippen molar-refractivity contribution in [3.05, 3.63) is 40.0 Å². The monoisotopic (exact) mass is 328 g/mol. The van der Waals surface area contributed by atoms with Gasteiger partial charge in [0.15, 0.2) is 5.78 Å². The Labute approximate surface area is 142 Å². The fraction of sp³-hybridized carbons (Fsp3) is 0.450. The lowest BCUT2D eigenvalue weighted by Crippen LogP contribution is -2.27. The van der Waals surface area contributed by atoms with Crippen molar-refractivity contribution in [1.82, 2.24) is 0 Å². The molecule has 1 aliphatic rings. The zero-order valence-corrected chi connectivity index (χ0v) is 14.9. The first kappa shape index (κ1) is 18.3. The van der Waals surface area contributed by atoms with E-state index in [1.165, 1.54) is 0 Å². The van der Waals surface area contributed by atoms with E-state index in [2.05, 4.69) is 0 Å². The summed E-state index contributed by atoms with van der Waals surface area (Å²) >= 11 is 0. The Kier molecular flexibility index (Phi) is 4.90. The van der Waals surface area contributed by atoms with Crippen LogP contribution in [-0.2, 0) is 4.79 Å². The molecule has 1 aliphatic carbocycles. The van der Waals surface area contributed by atoms with Gasteiger partial charge in [-0.25, -0.2) is 0 Å². The topological polar surface area (TPSA) is 71.4 Å². The number of allylic oxidation sites excluding steroid dienone is 1. The van der Waals surface area contributed by atoms with Crippen LogP contribution in [0.4, 0.5) is 0 Å². The molecule has 0 aliphatic heterocycles. The third-order valence-corrected chi connectivity index (χ3v) is 4.32. The Balaban J connectivity index is 2.53. The van der Waals surface area contributed by atoms with E-state index in [0.717, 1.165) is 0 Å². The van der Waals surface area contributed by atoms with Crippen LogP contribution >= 0.6 is 0 Å². The zero-order chi connectivity index (χ0) is 18.2. The summed E-state index contributed by atoms with van der Waals surface area (Å²) in [5, 5.41) is 9.83. The fourth-order valence-electron chi connectivity index (χ4n) is 2.90. The average molecular weight is 328 g/mol. The van der Waals surface area contributed by atoms with Crippen molar-refractivity contribution in [2.75, 3.05) is 0 Å². The van der Waals surface area contributed by atoms with Crippen molar-refractivity contribution in [2.24, 2.45) is 5.92 Å². The SMILES string of the molecule is Cc1ccc2c(c1C(=O)CCC(C)(C)O)C(=O)C(=O)C(C(C)C)=C2. The zero-order valence-electron chi connectivity index (χ0n) is 14.9.